The van der Waals surface area contributed by atoms with Gasteiger partial charge in [-0.3, -0.25) is 5.32 Å². The number of unbranched alkanes of at least 4 members (excludes halogenated alkanes) is 1. The van der Waals surface area contributed by atoms with Crippen LogP contribution in [0, 0.1) is 0 Å². The van der Waals surface area contributed by atoms with Gasteiger partial charge in [-0.15, -0.1) is 0 Å². The summed E-state index contributed by atoms with van der Waals surface area (Å²) in [6, 6.07) is 15.9. The third kappa shape index (κ3) is 5.07. The minimum Gasteiger partial charge on any atom is -0.486 e. The summed E-state index contributed by atoms with van der Waals surface area (Å²) in [4.78, 5) is 16.5. The lowest BCUT2D eigenvalue weighted by molar-refractivity contribution is 0.171. The summed E-state index contributed by atoms with van der Waals surface area (Å²) in [6.45, 7) is 7.38. The SMILES string of the molecule is NC(=O)Nc1cc2ccccc2n1CCCCN1CCCN(c2ccc3c(c2)OCCO3)CC1. The Kier molecular flexibility index (Phi) is 6.76. The fourth-order valence-corrected chi connectivity index (χ4v) is 4.97. The van der Waals surface area contributed by atoms with Gasteiger partial charge in [0, 0.05) is 48.8 Å². The van der Waals surface area contributed by atoms with E-state index in [9.17, 15) is 4.79 Å². The van der Waals surface area contributed by atoms with Gasteiger partial charge in [-0.25, -0.2) is 4.79 Å². The number of benzene rings is 2. The van der Waals surface area contributed by atoms with Crippen LogP contribution in [0.5, 0.6) is 11.5 Å². The first-order chi connectivity index (χ1) is 16.7. The zero-order chi connectivity index (χ0) is 23.3. The van der Waals surface area contributed by atoms with E-state index in [4.69, 9.17) is 15.2 Å². The number of nitrogens with zero attached hydrogens (tertiary/aromatic N) is 3. The molecule has 3 N–H and O–H groups in total. The van der Waals surface area contributed by atoms with Crippen LogP contribution < -0.4 is 25.4 Å². The normalized spacial score (nSPS) is 16.4. The molecule has 1 saturated heterocycles. The van der Waals surface area contributed by atoms with Crippen LogP contribution in [-0.4, -0.2) is 61.4 Å². The number of carbonyl (C=O) groups is 1. The lowest BCUT2D eigenvalue weighted by atomic mass is 10.2. The van der Waals surface area contributed by atoms with Crippen LogP contribution in [0.2, 0.25) is 0 Å². The Morgan fingerprint density at radius 1 is 0.912 bits per heavy atom. The molecule has 3 heterocycles. The van der Waals surface area contributed by atoms with E-state index in [-0.39, 0.29) is 0 Å². The van der Waals surface area contributed by atoms with E-state index < -0.39 is 6.03 Å². The number of amides is 2. The minimum absolute atomic E-state index is 0.531. The van der Waals surface area contributed by atoms with Crippen LogP contribution >= 0.6 is 0 Å². The Morgan fingerprint density at radius 2 is 1.74 bits per heavy atom. The summed E-state index contributed by atoms with van der Waals surface area (Å²) in [5.74, 6) is 2.46. The predicted octanol–water partition coefficient (Wildman–Crippen LogP) is 3.90. The molecular weight excluding hydrogens is 430 g/mol. The smallest absolute Gasteiger partial charge is 0.317 e. The molecule has 34 heavy (non-hydrogen) atoms. The molecular formula is C26H33N5O3. The van der Waals surface area contributed by atoms with Crippen molar-refractivity contribution in [2.24, 2.45) is 5.73 Å². The molecule has 0 spiro atoms. The summed E-state index contributed by atoms with van der Waals surface area (Å²) in [5, 5.41) is 3.88. The quantitative estimate of drug-likeness (QED) is 0.519. The van der Waals surface area contributed by atoms with Crippen molar-refractivity contribution in [1.82, 2.24) is 9.47 Å². The first kappa shape index (κ1) is 22.4. The predicted molar refractivity (Wildman–Crippen MR) is 135 cm³/mol. The van der Waals surface area contributed by atoms with E-state index >= 15 is 0 Å². The highest BCUT2D eigenvalue weighted by Gasteiger charge is 2.18. The van der Waals surface area contributed by atoms with Gasteiger partial charge in [-0.2, -0.15) is 0 Å². The number of fused-ring (bicyclic) bond motifs is 2. The highest BCUT2D eigenvalue weighted by atomic mass is 16.6. The molecule has 1 fully saturated rings. The average molecular weight is 464 g/mol. The average Bonchev–Trinajstić information content (AvgIpc) is 3.01. The number of anilines is 2. The lowest BCUT2D eigenvalue weighted by Gasteiger charge is -2.26. The Morgan fingerprint density at radius 3 is 2.62 bits per heavy atom. The van der Waals surface area contributed by atoms with Gasteiger partial charge in [0.1, 0.15) is 19.0 Å². The van der Waals surface area contributed by atoms with Crippen molar-refractivity contribution in [3.8, 4) is 11.5 Å². The van der Waals surface area contributed by atoms with Crippen molar-refractivity contribution in [2.75, 3.05) is 56.2 Å². The fourth-order valence-electron chi connectivity index (χ4n) is 4.97. The number of rotatable bonds is 7. The molecule has 8 nitrogen and oxygen atoms in total. The first-order valence-corrected chi connectivity index (χ1v) is 12.2. The van der Waals surface area contributed by atoms with E-state index in [0.29, 0.717) is 13.2 Å². The van der Waals surface area contributed by atoms with Gasteiger partial charge >= 0.3 is 6.03 Å². The monoisotopic (exact) mass is 463 g/mol. The van der Waals surface area contributed by atoms with Crippen molar-refractivity contribution in [2.45, 2.75) is 25.8 Å². The number of carbonyl (C=O) groups excluding carboxylic acids is 1. The van der Waals surface area contributed by atoms with E-state index in [0.717, 1.165) is 86.8 Å². The largest absolute Gasteiger partial charge is 0.486 e. The minimum atomic E-state index is -0.531. The highest BCUT2D eigenvalue weighted by molar-refractivity contribution is 5.92. The van der Waals surface area contributed by atoms with Crippen LogP contribution in [0.15, 0.2) is 48.5 Å². The molecule has 0 atom stereocenters. The number of para-hydroxylation sites is 1. The third-order valence-corrected chi connectivity index (χ3v) is 6.65. The Labute approximate surface area is 200 Å². The van der Waals surface area contributed by atoms with Gasteiger partial charge < -0.3 is 29.6 Å². The molecule has 0 aliphatic carbocycles. The van der Waals surface area contributed by atoms with E-state index in [2.05, 4.69) is 43.9 Å². The molecule has 8 heteroatoms. The first-order valence-electron chi connectivity index (χ1n) is 12.2. The molecule has 2 aliphatic heterocycles. The summed E-state index contributed by atoms with van der Waals surface area (Å²) in [5.41, 5.74) is 7.71. The van der Waals surface area contributed by atoms with Gasteiger partial charge in [-0.05, 0) is 56.6 Å². The van der Waals surface area contributed by atoms with Crippen molar-refractivity contribution >= 4 is 28.4 Å². The zero-order valence-electron chi connectivity index (χ0n) is 19.5. The van der Waals surface area contributed by atoms with Crippen molar-refractivity contribution in [3.63, 3.8) is 0 Å². The number of urea groups is 1. The van der Waals surface area contributed by atoms with Gasteiger partial charge in [0.05, 0.1) is 0 Å². The molecule has 2 aromatic carbocycles. The number of ether oxygens (including phenoxy) is 2. The maximum absolute atomic E-state index is 11.4. The topological polar surface area (TPSA) is 85.0 Å². The summed E-state index contributed by atoms with van der Waals surface area (Å²) in [6.07, 6.45) is 3.28. The van der Waals surface area contributed by atoms with E-state index in [1.165, 1.54) is 5.69 Å². The number of aromatic nitrogens is 1. The van der Waals surface area contributed by atoms with Crippen LogP contribution in [0.3, 0.4) is 0 Å². The van der Waals surface area contributed by atoms with Crippen LogP contribution in [0.1, 0.15) is 19.3 Å². The van der Waals surface area contributed by atoms with Gasteiger partial charge in [0.2, 0.25) is 0 Å². The number of aryl methyl sites for hydroxylation is 1. The second kappa shape index (κ2) is 10.3. The Bertz CT molecular complexity index is 1140. The van der Waals surface area contributed by atoms with E-state index in [1.54, 1.807) is 0 Å². The fraction of sp³-hybridized carbons (Fsp3) is 0.423. The molecule has 5 rings (SSSR count). The second-order valence-corrected chi connectivity index (χ2v) is 8.95. The van der Waals surface area contributed by atoms with Crippen molar-refractivity contribution in [3.05, 3.63) is 48.5 Å². The number of hydrogen-bond donors (Lipinski definition) is 2. The standard InChI is InChI=1S/C26H33N5O3/c27-26(32)28-25-18-20-6-1-2-7-22(20)31(25)13-4-3-10-29-11-5-12-30(15-14-29)21-8-9-23-24(19-21)34-17-16-33-23/h1-2,6-9,18-19H,3-5,10-17H2,(H3,27,28,32). The van der Waals surface area contributed by atoms with Crippen LogP contribution in [-0.2, 0) is 6.54 Å². The maximum atomic E-state index is 11.4. The molecule has 0 radical (unpaired) electrons. The number of nitrogens with two attached hydrogens (primary N) is 1. The molecule has 3 aromatic rings. The summed E-state index contributed by atoms with van der Waals surface area (Å²) < 4.78 is 13.6. The van der Waals surface area contributed by atoms with Crippen LogP contribution in [0.4, 0.5) is 16.3 Å². The molecule has 0 saturated carbocycles. The molecule has 1 aromatic heterocycles. The number of nitrogens with one attached hydrogen (secondary N) is 1. The van der Waals surface area contributed by atoms with E-state index in [1.807, 2.05) is 24.3 Å². The van der Waals surface area contributed by atoms with Gasteiger partial charge in [-0.1, -0.05) is 18.2 Å². The third-order valence-electron chi connectivity index (χ3n) is 6.65. The van der Waals surface area contributed by atoms with Crippen molar-refractivity contribution in [1.29, 1.82) is 0 Å². The molecule has 0 bridgehead atoms. The van der Waals surface area contributed by atoms with Gasteiger partial charge in [0.25, 0.3) is 0 Å². The van der Waals surface area contributed by atoms with Crippen LogP contribution in [0.25, 0.3) is 10.9 Å². The Hall–Kier alpha value is -3.39. The highest BCUT2D eigenvalue weighted by Crippen LogP contribution is 2.34. The van der Waals surface area contributed by atoms with Crippen molar-refractivity contribution < 1.29 is 14.3 Å². The summed E-state index contributed by atoms with van der Waals surface area (Å²) >= 11 is 0. The second-order valence-electron chi connectivity index (χ2n) is 8.95. The lowest BCUT2D eigenvalue weighted by Crippen LogP contribution is -2.31. The van der Waals surface area contributed by atoms with Gasteiger partial charge in [0.15, 0.2) is 11.5 Å². The maximum Gasteiger partial charge on any atom is 0.317 e. The molecule has 0 unspecified atom stereocenters. The molecule has 2 aliphatic rings. The Balaban J connectivity index is 1.13. The summed E-state index contributed by atoms with van der Waals surface area (Å²) in [7, 11) is 0. The number of primary amides is 1. The zero-order valence-corrected chi connectivity index (χ0v) is 19.5. The molecule has 2 amide bonds. The molecule has 180 valence electrons. The number of hydrogen-bond acceptors (Lipinski definition) is 5.